The van der Waals surface area contributed by atoms with Gasteiger partial charge in [0, 0.05) is 96.2 Å². The average Bonchev–Trinajstić information content (AvgIpc) is 1.63. The third-order valence-corrected chi connectivity index (χ3v) is 26.3. The van der Waals surface area contributed by atoms with Gasteiger partial charge in [0.05, 0.1) is 6.20 Å². The summed E-state index contributed by atoms with van der Waals surface area (Å²) in [5.41, 5.74) is 13.1. The summed E-state index contributed by atoms with van der Waals surface area (Å²) >= 11 is 5.92. The predicted octanol–water partition coefficient (Wildman–Crippen LogP) is 22.0. The quantitative estimate of drug-likeness (QED) is 0.0306. The molecule has 133 heavy (non-hydrogen) atoms. The highest BCUT2D eigenvalue weighted by Gasteiger charge is 2.34. The van der Waals surface area contributed by atoms with Gasteiger partial charge in [-0.2, -0.15) is 0 Å². The summed E-state index contributed by atoms with van der Waals surface area (Å²) < 4.78 is 25.2. The Morgan fingerprint density at radius 2 is 0.714 bits per heavy atom. The van der Waals surface area contributed by atoms with Gasteiger partial charge in [-0.3, -0.25) is 83.5 Å². The van der Waals surface area contributed by atoms with Crippen molar-refractivity contribution in [3.8, 4) is 5.82 Å². The summed E-state index contributed by atoms with van der Waals surface area (Å²) in [5, 5.41) is 18.2. The van der Waals surface area contributed by atoms with Gasteiger partial charge in [0.1, 0.15) is 49.9 Å². The number of aryl methyl sites for hydroxylation is 5. The van der Waals surface area contributed by atoms with Crippen molar-refractivity contribution in [2.45, 2.75) is 286 Å². The molecule has 0 aliphatic heterocycles. The van der Waals surface area contributed by atoms with Gasteiger partial charge in [0.2, 0.25) is 71.1 Å². The number of aromatic nitrogens is 19. The molecule has 710 valence electrons. The molecule has 6 N–H and O–H groups in total. The number of pyridine rings is 7. The molecule has 0 saturated heterocycles. The number of halogens is 2. The van der Waals surface area contributed by atoms with Gasteiger partial charge in [-0.1, -0.05) is 143 Å². The summed E-state index contributed by atoms with van der Waals surface area (Å²) in [5.74, 6) is 4.40. The fourth-order valence-electron chi connectivity index (χ4n) is 15.2. The molecule has 13 aromatic rings. The Morgan fingerprint density at radius 3 is 1.08 bits per heavy atom. The number of carbonyl (C=O) groups is 6. The zero-order valence-electron chi connectivity index (χ0n) is 81.7. The van der Waals surface area contributed by atoms with Crippen molar-refractivity contribution in [3.05, 3.63) is 131 Å². The van der Waals surface area contributed by atoms with Crippen LogP contribution in [0.15, 0.2) is 97.3 Å². The maximum atomic E-state index is 13.2. The van der Waals surface area contributed by atoms with E-state index in [1.807, 2.05) is 162 Å². The van der Waals surface area contributed by atoms with Gasteiger partial charge in [0.15, 0.2) is 33.9 Å². The molecule has 4 aliphatic rings. The minimum Gasteiger partial charge on any atom is -0.296 e. The largest absolute Gasteiger partial charge is 0.296 e. The number of imidazole rings is 6. The lowest BCUT2D eigenvalue weighted by atomic mass is 9.86. The summed E-state index contributed by atoms with van der Waals surface area (Å²) in [4.78, 5) is 133. The van der Waals surface area contributed by atoms with E-state index in [1.165, 1.54) is 37.8 Å². The molecule has 0 radical (unpaired) electrons. The second-order valence-corrected chi connectivity index (χ2v) is 39.9. The van der Waals surface area contributed by atoms with Crippen LogP contribution in [-0.2, 0) is 35.3 Å². The van der Waals surface area contributed by atoms with Crippen molar-refractivity contribution in [1.82, 2.24) is 92.2 Å². The van der Waals surface area contributed by atoms with Gasteiger partial charge < -0.3 is 0 Å². The van der Waals surface area contributed by atoms with Crippen LogP contribution in [0.25, 0.3) is 72.8 Å². The zero-order valence-corrected chi connectivity index (χ0v) is 82.4. The molecule has 17 rings (SSSR count). The predicted molar refractivity (Wildman–Crippen MR) is 526 cm³/mol. The first-order valence-electron chi connectivity index (χ1n) is 47.3. The van der Waals surface area contributed by atoms with Crippen LogP contribution < -0.4 is 31.9 Å². The van der Waals surface area contributed by atoms with Crippen LogP contribution in [0.5, 0.6) is 0 Å². The van der Waals surface area contributed by atoms with Crippen LogP contribution in [-0.4, -0.2) is 128 Å². The van der Waals surface area contributed by atoms with Crippen LogP contribution in [0.3, 0.4) is 0 Å². The minimum atomic E-state index is -0.435. The fraction of sp³-hybridized carbons (Fsp3) is 0.530. The molecule has 4 fully saturated rings. The van der Waals surface area contributed by atoms with Gasteiger partial charge >= 0.3 is 0 Å². The lowest BCUT2D eigenvalue weighted by Crippen LogP contribution is -2.27. The van der Waals surface area contributed by atoms with Crippen molar-refractivity contribution < 1.29 is 33.2 Å². The highest BCUT2D eigenvalue weighted by Crippen LogP contribution is 2.42. The Kier molecular flexibility index (Phi) is 32.5. The monoisotopic (exact) mass is 1840 g/mol. The normalized spacial score (nSPS) is 15.1. The van der Waals surface area contributed by atoms with Crippen LogP contribution in [0.4, 0.5) is 40.1 Å². The Balaban J connectivity index is 0.000000144. The van der Waals surface area contributed by atoms with Gasteiger partial charge in [-0.05, 0) is 231 Å². The molecular weight excluding hydrogens is 1700 g/mol. The molecule has 0 aromatic carbocycles. The number of carbonyl (C=O) groups excluding carboxylic acids is 6. The van der Waals surface area contributed by atoms with Gasteiger partial charge in [0.25, 0.3) is 0 Å². The molecule has 4 saturated carbocycles. The van der Waals surface area contributed by atoms with Crippen molar-refractivity contribution in [3.63, 3.8) is 0 Å². The third-order valence-electron chi connectivity index (χ3n) is 26.1. The van der Waals surface area contributed by atoms with Crippen molar-refractivity contribution in [2.24, 2.45) is 58.2 Å². The number of hydrogen-bond acceptors (Lipinski definition) is 19. The second-order valence-electron chi connectivity index (χ2n) is 39.5. The fourth-order valence-corrected chi connectivity index (χ4v) is 15.3. The summed E-state index contributed by atoms with van der Waals surface area (Å²) in [6.07, 6.45) is 18.7. The first-order valence-corrected chi connectivity index (χ1v) is 47.7. The van der Waals surface area contributed by atoms with E-state index in [-0.39, 0.29) is 75.9 Å². The van der Waals surface area contributed by atoms with Crippen molar-refractivity contribution in [2.75, 3.05) is 31.9 Å². The Labute approximate surface area is 784 Å². The Bertz CT molecular complexity index is 6170. The molecule has 6 amide bonds. The number of anilines is 6. The molecule has 4 atom stereocenters. The number of amides is 6. The van der Waals surface area contributed by atoms with E-state index in [2.05, 4.69) is 177 Å². The maximum absolute atomic E-state index is 13.2. The van der Waals surface area contributed by atoms with E-state index in [0.29, 0.717) is 125 Å². The number of fused-ring (bicyclic) bond motifs is 6. The number of nitrogens with zero attached hydrogens (tertiary/aromatic N) is 19. The lowest BCUT2D eigenvalue weighted by Gasteiger charge is -2.29. The van der Waals surface area contributed by atoms with Crippen LogP contribution >= 0.6 is 11.6 Å². The van der Waals surface area contributed by atoms with Crippen molar-refractivity contribution in [1.29, 1.82) is 0 Å². The van der Waals surface area contributed by atoms with Crippen molar-refractivity contribution >= 4 is 150 Å². The number of hydrogen-bond donors (Lipinski definition) is 6. The lowest BCUT2D eigenvalue weighted by molar-refractivity contribution is -0.121. The minimum absolute atomic E-state index is 0.00619. The highest BCUT2D eigenvalue weighted by atomic mass is 35.5. The van der Waals surface area contributed by atoms with Gasteiger partial charge in [-0.15, -0.1) is 0 Å². The molecule has 13 aromatic heterocycles. The summed E-state index contributed by atoms with van der Waals surface area (Å²) in [7, 11) is 0. The van der Waals surface area contributed by atoms with E-state index in [9.17, 15) is 33.2 Å². The molecular formula is C100H135ClFN25O6. The van der Waals surface area contributed by atoms with E-state index in [0.717, 1.165) is 137 Å². The Morgan fingerprint density at radius 1 is 0.383 bits per heavy atom. The Hall–Kier alpha value is -12.1. The highest BCUT2D eigenvalue weighted by molar-refractivity contribution is 6.29. The molecule has 0 spiro atoms. The van der Waals surface area contributed by atoms with E-state index in [4.69, 9.17) is 11.6 Å². The second kappa shape index (κ2) is 43.3. The SMILES string of the molecule is CC(C)[C@H](C)C(=O)Nc1nc2cccnc2n1C1CCC1.CCC(C)(C)CC(=O)Nc1nc2ccc(C)nc2n1C1CCC1.CCn1c(NC(=O)[C@@H](C)C(C)C)nc2ccc(Cl)nc21.Cc1ccc2nc(NC(=O)CC(C)(C)C)n(-c3ccc(F)cn3)c2n1.Cc1ccc2nc(NC(=O)[C@@H](C)C(C)C)n(C3CCC3)c2n1.Cc1ccc2nc(NC(=O)[C@@H](C)C(C)C)n(C3CCC3)c2n1. The standard InChI is InChI=1S/C18H20FN5O.C18H26N4O.2C17H24N4O.C16H22N4O.C14H19ClN4O/c1-11-5-7-13-16(21-11)24(14-8-6-12(19)10-20-14)17(22-13)23-15(25)9-18(2,3)4;1-5-18(3,4)11-15(23)21-17-20-14-10-9-12(2)19-16(14)22(17)13-7-6-8-13;2*1-10(2)12(4)16(22)20-17-19-14-9-8-11(3)18-15(14)21(17)13-6-5-7-13;1-10(2)11(3)15(21)19-16-18-13-8-5-9-17-14(13)20(16)12-6-4-7-12;1-5-19-12-10(6-7-11(15)17-12)16-14(19)18-13(20)9(4)8(2)3/h5-8,10H,9H2,1-4H3,(H,22,23,25);9-10,13H,5-8,11H2,1-4H3,(H,20,21,23);2*8-10,12-13H,5-7H2,1-4H3,(H,19,20,22);5,8-12H,4,6-7H2,1-3H3,(H,18,19,21);6-9H,5H2,1-4H3,(H,16,18,20)/t;;2*12-;11-;9-/m..0000/s1. The zero-order chi connectivity index (χ0) is 96.4. The number of rotatable bonds is 24. The van der Waals surface area contributed by atoms with E-state index >= 15 is 0 Å². The van der Waals surface area contributed by atoms with Crippen LogP contribution in [0, 0.1) is 91.7 Å². The average molecular weight is 1840 g/mol. The van der Waals surface area contributed by atoms with Crippen LogP contribution in [0.1, 0.15) is 275 Å². The molecule has 33 heteroatoms. The summed E-state index contributed by atoms with van der Waals surface area (Å²) in [6, 6.07) is 27.3. The first-order chi connectivity index (χ1) is 63.1. The molecule has 4 aliphatic carbocycles. The van der Waals surface area contributed by atoms with Gasteiger partial charge in [-0.25, -0.2) is 73.7 Å². The maximum Gasteiger partial charge on any atom is 0.229 e. The van der Waals surface area contributed by atoms with E-state index < -0.39 is 5.82 Å². The smallest absolute Gasteiger partial charge is 0.229 e. The third kappa shape index (κ3) is 24.5. The molecule has 0 bridgehead atoms. The molecule has 13 heterocycles. The topological polar surface area (TPSA) is 372 Å². The summed E-state index contributed by atoms with van der Waals surface area (Å²) in [6.45, 7) is 46.9. The van der Waals surface area contributed by atoms with E-state index in [1.54, 1.807) is 22.9 Å². The number of nitrogens with one attached hydrogen (secondary N) is 6. The molecule has 0 unspecified atom stereocenters. The molecule has 31 nitrogen and oxygen atoms in total. The first kappa shape index (κ1) is 99.9. The van der Waals surface area contributed by atoms with Crippen LogP contribution in [0.2, 0.25) is 5.15 Å².